The molecule has 0 saturated carbocycles. The number of hydrogen-bond acceptors (Lipinski definition) is 8. The molecule has 0 spiro atoms. The molecular formula is C24H19FN6O5S. The average Bonchev–Trinajstić information content (AvgIpc) is 3.60. The normalized spacial score (nSPS) is 13.4. The molecule has 13 heteroatoms. The molecule has 3 heterocycles. The summed E-state index contributed by atoms with van der Waals surface area (Å²) in [6, 6.07) is 11.1. The van der Waals surface area contributed by atoms with Crippen LogP contribution >= 0.6 is 11.3 Å². The Morgan fingerprint density at radius 3 is 2.43 bits per heavy atom. The first-order chi connectivity index (χ1) is 17.9. The summed E-state index contributed by atoms with van der Waals surface area (Å²) < 4.78 is 20.0. The average molecular weight is 523 g/mol. The van der Waals surface area contributed by atoms with E-state index in [1.807, 2.05) is 6.07 Å². The Bertz CT molecular complexity index is 1480. The van der Waals surface area contributed by atoms with Crippen LogP contribution in [0, 0.1) is 5.82 Å². The van der Waals surface area contributed by atoms with Gasteiger partial charge >= 0.3 is 6.09 Å². The molecule has 1 saturated heterocycles. The first kappa shape index (κ1) is 24.1. The number of anilines is 1. The number of aromatic amines is 1. The second kappa shape index (κ2) is 10.1. The van der Waals surface area contributed by atoms with Crippen LogP contribution in [0.1, 0.15) is 20.7 Å². The number of nitrogens with one attached hydrogen (secondary N) is 2. The Morgan fingerprint density at radius 1 is 1.00 bits per heavy atom. The van der Waals surface area contributed by atoms with E-state index in [0.717, 1.165) is 17.4 Å². The fourth-order valence-corrected chi connectivity index (χ4v) is 4.45. The van der Waals surface area contributed by atoms with Crippen molar-refractivity contribution in [2.75, 3.05) is 31.5 Å². The number of ketones is 1. The molecule has 0 bridgehead atoms. The summed E-state index contributed by atoms with van der Waals surface area (Å²) in [4.78, 5) is 56.5. The molecule has 1 fully saturated rings. The predicted octanol–water partition coefficient (Wildman–Crippen LogP) is 2.94. The number of benzene rings is 2. The third-order valence-electron chi connectivity index (χ3n) is 5.83. The van der Waals surface area contributed by atoms with Crippen LogP contribution in [0.15, 0.2) is 54.2 Å². The second-order valence-corrected chi connectivity index (χ2v) is 8.87. The summed E-state index contributed by atoms with van der Waals surface area (Å²) in [5.41, 5.74) is 1.83. The monoisotopic (exact) mass is 522 g/mol. The van der Waals surface area contributed by atoms with E-state index in [2.05, 4.69) is 20.5 Å². The van der Waals surface area contributed by atoms with E-state index >= 15 is 0 Å². The van der Waals surface area contributed by atoms with Gasteiger partial charge in [0.25, 0.3) is 17.6 Å². The number of nitrogens with zero attached hydrogens (tertiary/aromatic N) is 4. The van der Waals surface area contributed by atoms with Crippen molar-refractivity contribution in [3.8, 4) is 5.75 Å². The van der Waals surface area contributed by atoms with Gasteiger partial charge in [-0.15, -0.1) is 10.2 Å². The number of piperazine rings is 1. The van der Waals surface area contributed by atoms with Crippen LogP contribution in [-0.4, -0.2) is 74.9 Å². The molecule has 3 amide bonds. The molecular weight excluding hydrogens is 503 g/mol. The standard InChI is InChI=1S/C24H19FN6O5S/c25-16-6-7-17(36-24(35)28-23-29-27-13-37-23)19-18(16)15(12-26-19)20(32)22(34)31-10-8-30(9-11-31)21(33)14-4-2-1-3-5-14/h1-7,12-13,26H,8-11H2,(H,28,29,35). The first-order valence-electron chi connectivity index (χ1n) is 11.1. The highest BCUT2D eigenvalue weighted by atomic mass is 32.1. The van der Waals surface area contributed by atoms with Gasteiger partial charge in [0.2, 0.25) is 5.13 Å². The van der Waals surface area contributed by atoms with E-state index in [0.29, 0.717) is 5.56 Å². The maximum absolute atomic E-state index is 14.8. The van der Waals surface area contributed by atoms with Gasteiger partial charge in [-0.3, -0.25) is 19.7 Å². The number of Topliss-reactive ketones (excluding diaryl/α,β-unsaturated/α-hetero) is 1. The number of halogens is 1. The lowest BCUT2D eigenvalue weighted by atomic mass is 10.1. The van der Waals surface area contributed by atoms with E-state index in [9.17, 15) is 23.6 Å². The molecule has 0 unspecified atom stereocenters. The number of amides is 3. The van der Waals surface area contributed by atoms with Gasteiger partial charge in [0.15, 0.2) is 5.75 Å². The van der Waals surface area contributed by atoms with Crippen LogP contribution in [-0.2, 0) is 4.79 Å². The van der Waals surface area contributed by atoms with Crippen LogP contribution in [0.4, 0.5) is 14.3 Å². The molecule has 37 heavy (non-hydrogen) atoms. The van der Waals surface area contributed by atoms with Gasteiger partial charge in [-0.05, 0) is 24.3 Å². The Morgan fingerprint density at radius 2 is 1.73 bits per heavy atom. The maximum atomic E-state index is 14.8. The SMILES string of the molecule is O=C(Nc1nncs1)Oc1ccc(F)c2c(C(=O)C(=O)N3CCN(C(=O)c4ccccc4)CC3)c[nH]c12. The third-order valence-corrected chi connectivity index (χ3v) is 6.44. The highest BCUT2D eigenvalue weighted by Crippen LogP contribution is 2.31. The fourth-order valence-electron chi connectivity index (χ4n) is 4.02. The summed E-state index contributed by atoms with van der Waals surface area (Å²) in [5.74, 6) is -2.68. The molecule has 1 aliphatic heterocycles. The smallest absolute Gasteiger partial charge is 0.408 e. The number of carbonyl (C=O) groups is 4. The van der Waals surface area contributed by atoms with E-state index in [4.69, 9.17) is 4.74 Å². The summed E-state index contributed by atoms with van der Waals surface area (Å²) in [6.45, 7) is 0.843. The molecule has 2 N–H and O–H groups in total. The summed E-state index contributed by atoms with van der Waals surface area (Å²) in [6.07, 6.45) is 0.324. The molecule has 0 radical (unpaired) electrons. The molecule has 0 aliphatic carbocycles. The van der Waals surface area contributed by atoms with Gasteiger partial charge in [0, 0.05) is 37.9 Å². The van der Waals surface area contributed by atoms with E-state index in [1.54, 1.807) is 29.2 Å². The highest BCUT2D eigenvalue weighted by Gasteiger charge is 2.31. The zero-order valence-electron chi connectivity index (χ0n) is 19.1. The molecule has 0 atom stereocenters. The Hall–Kier alpha value is -4.65. The van der Waals surface area contributed by atoms with E-state index < -0.39 is 23.6 Å². The third kappa shape index (κ3) is 4.89. The molecule has 11 nitrogen and oxygen atoms in total. The van der Waals surface area contributed by atoms with Crippen molar-refractivity contribution >= 4 is 51.1 Å². The van der Waals surface area contributed by atoms with Crippen molar-refractivity contribution in [3.63, 3.8) is 0 Å². The summed E-state index contributed by atoms with van der Waals surface area (Å²) in [7, 11) is 0. The van der Waals surface area contributed by atoms with Crippen molar-refractivity contribution in [2.24, 2.45) is 0 Å². The Labute approximate surface area is 212 Å². The van der Waals surface area contributed by atoms with Gasteiger partial charge in [-0.25, -0.2) is 9.18 Å². The number of aromatic nitrogens is 3. The minimum atomic E-state index is -0.913. The Kier molecular flexibility index (Phi) is 6.60. The maximum Gasteiger partial charge on any atom is 0.419 e. The first-order valence-corrected chi connectivity index (χ1v) is 12.0. The number of ether oxygens (including phenoxy) is 1. The van der Waals surface area contributed by atoms with E-state index in [-0.39, 0.29) is 59.4 Å². The lowest BCUT2D eigenvalue weighted by molar-refractivity contribution is -0.127. The second-order valence-electron chi connectivity index (χ2n) is 8.04. The highest BCUT2D eigenvalue weighted by molar-refractivity contribution is 7.13. The molecule has 188 valence electrons. The van der Waals surface area contributed by atoms with Crippen molar-refractivity contribution in [1.82, 2.24) is 25.0 Å². The lowest BCUT2D eigenvalue weighted by Crippen LogP contribution is -2.52. The quantitative estimate of drug-likeness (QED) is 0.304. The summed E-state index contributed by atoms with van der Waals surface area (Å²) >= 11 is 1.08. The van der Waals surface area contributed by atoms with Crippen LogP contribution in [0.3, 0.4) is 0 Å². The van der Waals surface area contributed by atoms with E-state index in [1.165, 1.54) is 22.7 Å². The number of fused-ring (bicyclic) bond motifs is 1. The molecule has 2 aromatic carbocycles. The molecule has 4 aromatic rings. The van der Waals surface area contributed by atoms with Crippen LogP contribution in [0.5, 0.6) is 5.75 Å². The number of rotatable bonds is 5. The fraction of sp³-hybridized carbons (Fsp3) is 0.167. The molecule has 5 rings (SSSR count). The largest absolute Gasteiger partial charge is 0.419 e. The molecule has 2 aromatic heterocycles. The molecule has 1 aliphatic rings. The number of carbonyl (C=O) groups excluding carboxylic acids is 4. The van der Waals surface area contributed by atoms with Gasteiger partial charge < -0.3 is 19.5 Å². The number of H-pyrrole nitrogens is 1. The topological polar surface area (TPSA) is 138 Å². The van der Waals surface area contributed by atoms with Crippen LogP contribution in [0.25, 0.3) is 10.9 Å². The minimum Gasteiger partial charge on any atom is -0.408 e. The predicted molar refractivity (Wildman–Crippen MR) is 131 cm³/mol. The zero-order chi connectivity index (χ0) is 25.9. The van der Waals surface area contributed by atoms with Crippen molar-refractivity contribution in [1.29, 1.82) is 0 Å². The van der Waals surface area contributed by atoms with Crippen molar-refractivity contribution in [2.45, 2.75) is 0 Å². The van der Waals surface area contributed by atoms with Crippen LogP contribution < -0.4 is 10.1 Å². The number of hydrogen-bond donors (Lipinski definition) is 2. The van der Waals surface area contributed by atoms with Gasteiger partial charge in [-0.2, -0.15) is 0 Å². The minimum absolute atomic E-state index is 0.0434. The van der Waals surface area contributed by atoms with Gasteiger partial charge in [0.1, 0.15) is 11.3 Å². The lowest BCUT2D eigenvalue weighted by Gasteiger charge is -2.34. The van der Waals surface area contributed by atoms with Crippen molar-refractivity contribution < 1.29 is 28.3 Å². The summed E-state index contributed by atoms with van der Waals surface area (Å²) in [5, 5.41) is 9.70. The van der Waals surface area contributed by atoms with Crippen molar-refractivity contribution in [3.05, 3.63) is 71.1 Å². The van der Waals surface area contributed by atoms with Gasteiger partial charge in [-0.1, -0.05) is 29.5 Å². The van der Waals surface area contributed by atoms with Gasteiger partial charge in [0.05, 0.1) is 16.5 Å². The Balaban J connectivity index is 1.28. The van der Waals surface area contributed by atoms with Crippen LogP contribution in [0.2, 0.25) is 0 Å². The zero-order valence-corrected chi connectivity index (χ0v) is 20.0.